The van der Waals surface area contributed by atoms with E-state index in [4.69, 9.17) is 4.74 Å². The summed E-state index contributed by atoms with van der Waals surface area (Å²) in [6.07, 6.45) is 3.49. The second kappa shape index (κ2) is 4.66. The Hall–Kier alpha value is -1.03. The third-order valence-electron chi connectivity index (χ3n) is 2.69. The number of hydrogen-bond acceptors (Lipinski definition) is 3. The van der Waals surface area contributed by atoms with Crippen LogP contribution >= 0.6 is 11.3 Å². The van der Waals surface area contributed by atoms with Crippen LogP contribution in [0.2, 0.25) is 0 Å². The molecule has 0 spiro atoms. The molecule has 1 amide bonds. The largest absolute Gasteiger partial charge is 0.495 e. The first-order chi connectivity index (χ1) is 7.33. The maximum atomic E-state index is 12.1. The number of hydrogen-bond donors (Lipinski definition) is 0. The summed E-state index contributed by atoms with van der Waals surface area (Å²) in [6.45, 7) is 1.78. The summed E-state index contributed by atoms with van der Waals surface area (Å²) in [4.78, 5) is 14.8. The van der Waals surface area contributed by atoms with E-state index in [1.165, 1.54) is 17.8 Å². The first kappa shape index (κ1) is 10.5. The van der Waals surface area contributed by atoms with Gasteiger partial charge in [0.25, 0.3) is 5.91 Å². The summed E-state index contributed by atoms with van der Waals surface area (Å²) in [5.41, 5.74) is 0. The predicted octanol–water partition coefficient (Wildman–Crippen LogP) is 2.38. The van der Waals surface area contributed by atoms with Crippen LogP contribution in [0.3, 0.4) is 0 Å². The number of rotatable bonds is 2. The molecule has 82 valence electrons. The molecular formula is C11H15NO2S. The number of thiophene rings is 1. The highest BCUT2D eigenvalue weighted by atomic mass is 32.1. The Bertz CT molecular complexity index is 342. The van der Waals surface area contributed by atoms with Crippen LogP contribution < -0.4 is 4.74 Å². The molecule has 1 aromatic heterocycles. The Morgan fingerprint density at radius 3 is 2.80 bits per heavy atom. The van der Waals surface area contributed by atoms with Crippen LogP contribution in [0.15, 0.2) is 11.4 Å². The lowest BCUT2D eigenvalue weighted by Gasteiger charge is -2.26. The lowest BCUT2D eigenvalue weighted by atomic mass is 10.1. The van der Waals surface area contributed by atoms with E-state index >= 15 is 0 Å². The van der Waals surface area contributed by atoms with Crippen molar-refractivity contribution in [1.29, 1.82) is 0 Å². The van der Waals surface area contributed by atoms with Crippen LogP contribution in [0.1, 0.15) is 28.9 Å². The molecule has 2 heterocycles. The SMILES string of the molecule is COc1ccsc1C(=O)N1CCCCC1. The number of likely N-dealkylation sites (tertiary alicyclic amines) is 1. The van der Waals surface area contributed by atoms with Crippen LogP contribution in [0.5, 0.6) is 5.75 Å². The van der Waals surface area contributed by atoms with E-state index in [1.54, 1.807) is 7.11 Å². The molecule has 0 saturated carbocycles. The molecule has 1 aliphatic heterocycles. The highest BCUT2D eigenvalue weighted by Crippen LogP contribution is 2.26. The zero-order valence-electron chi connectivity index (χ0n) is 8.86. The average molecular weight is 225 g/mol. The Kier molecular flexibility index (Phi) is 3.26. The molecule has 1 fully saturated rings. The van der Waals surface area contributed by atoms with Crippen molar-refractivity contribution < 1.29 is 9.53 Å². The van der Waals surface area contributed by atoms with Crippen LogP contribution in [0, 0.1) is 0 Å². The zero-order chi connectivity index (χ0) is 10.7. The van der Waals surface area contributed by atoms with Gasteiger partial charge >= 0.3 is 0 Å². The molecule has 1 aromatic rings. The summed E-state index contributed by atoms with van der Waals surface area (Å²) in [5, 5.41) is 1.90. The predicted molar refractivity (Wildman–Crippen MR) is 60.6 cm³/mol. The van der Waals surface area contributed by atoms with Gasteiger partial charge in [-0.1, -0.05) is 0 Å². The highest BCUT2D eigenvalue weighted by Gasteiger charge is 2.22. The fourth-order valence-electron chi connectivity index (χ4n) is 1.85. The molecule has 2 rings (SSSR count). The van der Waals surface area contributed by atoms with E-state index in [-0.39, 0.29) is 5.91 Å². The highest BCUT2D eigenvalue weighted by molar-refractivity contribution is 7.12. The number of ether oxygens (including phenoxy) is 1. The van der Waals surface area contributed by atoms with Gasteiger partial charge in [0.15, 0.2) is 0 Å². The van der Waals surface area contributed by atoms with Crippen LogP contribution in [-0.2, 0) is 0 Å². The van der Waals surface area contributed by atoms with Crippen molar-refractivity contribution in [1.82, 2.24) is 4.90 Å². The van der Waals surface area contributed by atoms with Gasteiger partial charge in [-0.3, -0.25) is 4.79 Å². The van der Waals surface area contributed by atoms with E-state index in [2.05, 4.69) is 0 Å². The number of carbonyl (C=O) groups excluding carboxylic acids is 1. The second-order valence-electron chi connectivity index (χ2n) is 3.67. The van der Waals surface area contributed by atoms with Gasteiger partial charge < -0.3 is 9.64 Å². The molecular weight excluding hydrogens is 210 g/mol. The third-order valence-corrected chi connectivity index (χ3v) is 3.57. The van der Waals surface area contributed by atoms with E-state index in [0.717, 1.165) is 30.8 Å². The first-order valence-electron chi connectivity index (χ1n) is 5.23. The van der Waals surface area contributed by atoms with Gasteiger partial charge in [0.05, 0.1) is 7.11 Å². The molecule has 1 aliphatic rings. The van der Waals surface area contributed by atoms with Gasteiger partial charge in [0.2, 0.25) is 0 Å². The molecule has 3 nitrogen and oxygen atoms in total. The minimum atomic E-state index is 0.126. The topological polar surface area (TPSA) is 29.5 Å². The Balaban J connectivity index is 2.12. The molecule has 0 bridgehead atoms. The number of methoxy groups -OCH3 is 1. The summed E-state index contributed by atoms with van der Waals surface area (Å²) in [7, 11) is 1.61. The van der Waals surface area contributed by atoms with Crippen molar-refractivity contribution in [3.8, 4) is 5.75 Å². The Morgan fingerprint density at radius 1 is 1.40 bits per heavy atom. The number of nitrogens with zero attached hydrogens (tertiary/aromatic N) is 1. The lowest BCUT2D eigenvalue weighted by Crippen LogP contribution is -2.35. The molecule has 0 atom stereocenters. The number of piperidine rings is 1. The minimum absolute atomic E-state index is 0.126. The summed E-state index contributed by atoms with van der Waals surface area (Å²) >= 11 is 1.46. The standard InChI is InChI=1S/C11H15NO2S/c1-14-9-5-8-15-10(9)11(13)12-6-3-2-4-7-12/h5,8H,2-4,6-7H2,1H3. The smallest absolute Gasteiger partial charge is 0.267 e. The normalized spacial score (nSPS) is 16.5. The lowest BCUT2D eigenvalue weighted by molar-refractivity contribution is 0.0726. The molecule has 0 N–H and O–H groups in total. The summed E-state index contributed by atoms with van der Waals surface area (Å²) in [6, 6.07) is 1.85. The van der Waals surface area contributed by atoms with Crippen molar-refractivity contribution in [3.63, 3.8) is 0 Å². The summed E-state index contributed by atoms with van der Waals surface area (Å²) in [5.74, 6) is 0.831. The third kappa shape index (κ3) is 2.15. The quantitative estimate of drug-likeness (QED) is 0.773. The van der Waals surface area contributed by atoms with Gasteiger partial charge in [-0.25, -0.2) is 0 Å². The Morgan fingerprint density at radius 2 is 2.13 bits per heavy atom. The van der Waals surface area contributed by atoms with E-state index in [0.29, 0.717) is 5.75 Å². The zero-order valence-corrected chi connectivity index (χ0v) is 9.68. The van der Waals surface area contributed by atoms with E-state index in [9.17, 15) is 4.79 Å². The van der Waals surface area contributed by atoms with Crippen LogP contribution in [0.25, 0.3) is 0 Å². The second-order valence-corrected chi connectivity index (χ2v) is 4.59. The van der Waals surface area contributed by atoms with Crippen molar-refractivity contribution >= 4 is 17.2 Å². The van der Waals surface area contributed by atoms with Crippen molar-refractivity contribution in [3.05, 3.63) is 16.3 Å². The average Bonchev–Trinajstić information content (AvgIpc) is 2.77. The van der Waals surface area contributed by atoms with Gasteiger partial charge in [0, 0.05) is 13.1 Å². The fraction of sp³-hybridized carbons (Fsp3) is 0.545. The molecule has 0 aromatic carbocycles. The molecule has 0 unspecified atom stereocenters. The van der Waals surface area contributed by atoms with Gasteiger partial charge in [0.1, 0.15) is 10.6 Å². The van der Waals surface area contributed by atoms with Gasteiger partial charge in [-0.15, -0.1) is 11.3 Å². The number of carbonyl (C=O) groups is 1. The van der Waals surface area contributed by atoms with Crippen molar-refractivity contribution in [2.75, 3.05) is 20.2 Å². The molecule has 15 heavy (non-hydrogen) atoms. The molecule has 4 heteroatoms. The van der Waals surface area contributed by atoms with Crippen molar-refractivity contribution in [2.24, 2.45) is 0 Å². The maximum Gasteiger partial charge on any atom is 0.267 e. The van der Waals surface area contributed by atoms with Gasteiger partial charge in [-0.2, -0.15) is 0 Å². The van der Waals surface area contributed by atoms with E-state index in [1.807, 2.05) is 16.3 Å². The number of amides is 1. The first-order valence-corrected chi connectivity index (χ1v) is 6.11. The van der Waals surface area contributed by atoms with Crippen molar-refractivity contribution in [2.45, 2.75) is 19.3 Å². The molecule has 1 saturated heterocycles. The minimum Gasteiger partial charge on any atom is -0.495 e. The van der Waals surface area contributed by atoms with Crippen LogP contribution in [-0.4, -0.2) is 31.0 Å². The monoisotopic (exact) mass is 225 g/mol. The van der Waals surface area contributed by atoms with E-state index < -0.39 is 0 Å². The fourth-order valence-corrected chi connectivity index (χ4v) is 2.68. The maximum absolute atomic E-state index is 12.1. The molecule has 0 radical (unpaired) electrons. The van der Waals surface area contributed by atoms with Crippen LogP contribution in [0.4, 0.5) is 0 Å². The summed E-state index contributed by atoms with van der Waals surface area (Å²) < 4.78 is 5.16. The van der Waals surface area contributed by atoms with Gasteiger partial charge in [-0.05, 0) is 30.7 Å². The Labute approximate surface area is 93.7 Å². The molecule has 0 aliphatic carbocycles.